The van der Waals surface area contributed by atoms with E-state index in [0.29, 0.717) is 16.6 Å². The van der Waals surface area contributed by atoms with Gasteiger partial charge < -0.3 is 4.90 Å². The Morgan fingerprint density at radius 1 is 1.33 bits per heavy atom. The molecule has 0 aliphatic carbocycles. The van der Waals surface area contributed by atoms with Gasteiger partial charge in [-0.1, -0.05) is 24.6 Å². The molecule has 0 radical (unpaired) electrons. The first-order chi connectivity index (χ1) is 11.2. The van der Waals surface area contributed by atoms with Crippen LogP contribution in [0.1, 0.15) is 31.7 Å². The number of carbonyl (C=O) groups excluding carboxylic acids is 1. The van der Waals surface area contributed by atoms with E-state index in [2.05, 4.69) is 6.92 Å². The van der Waals surface area contributed by atoms with Gasteiger partial charge in [-0.15, -0.1) is 0 Å². The molecule has 0 N–H and O–H groups in total. The summed E-state index contributed by atoms with van der Waals surface area (Å²) < 4.78 is 25.5. The number of carbonyl (C=O) groups is 1. The van der Waals surface area contributed by atoms with Crippen LogP contribution >= 0.6 is 11.6 Å². The number of aryl methyl sites for hydroxylation is 1. The van der Waals surface area contributed by atoms with E-state index < -0.39 is 10.0 Å². The van der Waals surface area contributed by atoms with Gasteiger partial charge >= 0.3 is 0 Å². The second kappa shape index (κ2) is 7.74. The fourth-order valence-corrected chi connectivity index (χ4v) is 3.93. The molecule has 1 amide bonds. The molecule has 1 aromatic rings. The zero-order valence-electron chi connectivity index (χ0n) is 14.5. The number of hydrogen-bond donors (Lipinski definition) is 0. The Morgan fingerprint density at radius 2 is 1.96 bits per heavy atom. The monoisotopic (exact) mass is 372 g/mol. The third-order valence-electron chi connectivity index (χ3n) is 4.51. The van der Waals surface area contributed by atoms with Crippen molar-refractivity contribution in [2.24, 2.45) is 5.92 Å². The lowest BCUT2D eigenvalue weighted by molar-refractivity contribution is -0.132. The largest absolute Gasteiger partial charge is 0.343 e. The van der Waals surface area contributed by atoms with E-state index in [4.69, 9.17) is 11.6 Å². The van der Waals surface area contributed by atoms with Gasteiger partial charge in [0.05, 0.1) is 11.9 Å². The Morgan fingerprint density at radius 3 is 2.50 bits per heavy atom. The van der Waals surface area contributed by atoms with Crippen LogP contribution in [0.2, 0.25) is 5.02 Å². The summed E-state index contributed by atoms with van der Waals surface area (Å²) in [5.74, 6) is 0.657. The molecule has 0 bridgehead atoms. The van der Waals surface area contributed by atoms with Gasteiger partial charge in [-0.05, 0) is 43.4 Å². The molecule has 24 heavy (non-hydrogen) atoms. The van der Waals surface area contributed by atoms with E-state index in [9.17, 15) is 13.2 Å². The Hall–Kier alpha value is -1.27. The first-order valence-electron chi connectivity index (χ1n) is 8.20. The molecule has 2 rings (SSSR count). The first kappa shape index (κ1) is 19.1. The summed E-state index contributed by atoms with van der Waals surface area (Å²) in [6.45, 7) is 5.69. The molecule has 1 heterocycles. The number of hydrogen-bond acceptors (Lipinski definition) is 3. The van der Waals surface area contributed by atoms with Crippen LogP contribution in [0.3, 0.4) is 0 Å². The lowest BCUT2D eigenvalue weighted by Crippen LogP contribution is -2.40. The number of benzene rings is 1. The summed E-state index contributed by atoms with van der Waals surface area (Å²) in [4.78, 5) is 14.2. The highest BCUT2D eigenvalue weighted by atomic mass is 35.5. The number of halogens is 1. The van der Waals surface area contributed by atoms with Crippen LogP contribution in [0.4, 0.5) is 5.69 Å². The van der Waals surface area contributed by atoms with Gasteiger partial charge in [0, 0.05) is 31.1 Å². The molecule has 1 fully saturated rings. The predicted octanol–water partition coefficient (Wildman–Crippen LogP) is 3.06. The van der Waals surface area contributed by atoms with Crippen molar-refractivity contribution in [1.82, 2.24) is 4.90 Å². The van der Waals surface area contributed by atoms with E-state index in [0.717, 1.165) is 37.8 Å². The molecule has 0 spiro atoms. The van der Waals surface area contributed by atoms with Crippen LogP contribution in [0, 0.1) is 12.8 Å². The highest BCUT2D eigenvalue weighted by molar-refractivity contribution is 7.92. The number of piperidine rings is 1. The fourth-order valence-electron chi connectivity index (χ4n) is 2.84. The number of nitrogens with zero attached hydrogens (tertiary/aromatic N) is 2. The minimum Gasteiger partial charge on any atom is -0.343 e. The molecular weight excluding hydrogens is 348 g/mol. The van der Waals surface area contributed by atoms with Crippen molar-refractivity contribution in [2.45, 2.75) is 33.1 Å². The Labute approximate surface area is 149 Å². The third kappa shape index (κ3) is 4.86. The fraction of sp³-hybridized carbons (Fsp3) is 0.588. The zero-order valence-corrected chi connectivity index (χ0v) is 16.0. The van der Waals surface area contributed by atoms with Crippen molar-refractivity contribution < 1.29 is 13.2 Å². The number of anilines is 1. The van der Waals surface area contributed by atoms with Gasteiger partial charge in [-0.2, -0.15) is 0 Å². The molecule has 0 aromatic heterocycles. The molecule has 134 valence electrons. The highest BCUT2D eigenvalue weighted by Crippen LogP contribution is 2.25. The average molecular weight is 373 g/mol. The summed E-state index contributed by atoms with van der Waals surface area (Å²) in [5, 5.41) is 0.512. The summed E-state index contributed by atoms with van der Waals surface area (Å²) in [6.07, 6.45) is 3.34. The van der Waals surface area contributed by atoms with Gasteiger partial charge in [-0.25, -0.2) is 8.42 Å². The standard InChI is InChI=1S/C17H25ClN2O3S/c1-13-6-9-19(10-7-13)17(21)8-11-20(24(3,22)23)15-5-4-14(2)16(18)12-15/h4-5,12-13H,6-11H2,1-3H3. The number of sulfonamides is 1. The lowest BCUT2D eigenvalue weighted by atomic mass is 9.99. The molecule has 1 aliphatic rings. The minimum atomic E-state index is -3.48. The van der Waals surface area contributed by atoms with Crippen molar-refractivity contribution in [3.8, 4) is 0 Å². The van der Waals surface area contributed by atoms with Crippen molar-refractivity contribution in [3.05, 3.63) is 28.8 Å². The molecule has 0 atom stereocenters. The quantitative estimate of drug-likeness (QED) is 0.798. The molecule has 0 unspecified atom stereocenters. The molecule has 7 heteroatoms. The van der Waals surface area contributed by atoms with Gasteiger partial charge in [-0.3, -0.25) is 9.10 Å². The van der Waals surface area contributed by atoms with Gasteiger partial charge in [0.25, 0.3) is 0 Å². The van der Waals surface area contributed by atoms with Gasteiger partial charge in [0.1, 0.15) is 0 Å². The third-order valence-corrected chi connectivity index (χ3v) is 6.11. The molecule has 1 saturated heterocycles. The highest BCUT2D eigenvalue weighted by Gasteiger charge is 2.23. The summed E-state index contributed by atoms with van der Waals surface area (Å²) in [7, 11) is -3.48. The van der Waals surface area contributed by atoms with Crippen LogP contribution in [0.5, 0.6) is 0 Å². The lowest BCUT2D eigenvalue weighted by Gasteiger charge is -2.31. The number of likely N-dealkylation sites (tertiary alicyclic amines) is 1. The average Bonchev–Trinajstić information content (AvgIpc) is 2.50. The van der Waals surface area contributed by atoms with Crippen LogP contribution < -0.4 is 4.31 Å². The molecule has 5 nitrogen and oxygen atoms in total. The predicted molar refractivity (Wildman–Crippen MR) is 98.0 cm³/mol. The zero-order chi connectivity index (χ0) is 17.9. The first-order valence-corrected chi connectivity index (χ1v) is 10.4. The summed E-state index contributed by atoms with van der Waals surface area (Å²) in [6, 6.07) is 5.13. The number of amides is 1. The van der Waals surface area contributed by atoms with E-state index in [1.807, 2.05) is 11.8 Å². The maximum atomic E-state index is 12.4. The second-order valence-electron chi connectivity index (χ2n) is 6.58. The molecule has 1 aliphatic heterocycles. The van der Waals surface area contributed by atoms with Crippen molar-refractivity contribution in [3.63, 3.8) is 0 Å². The van der Waals surface area contributed by atoms with Crippen molar-refractivity contribution >= 4 is 33.2 Å². The Kier molecular flexibility index (Phi) is 6.15. The van der Waals surface area contributed by atoms with Crippen LogP contribution in [0.15, 0.2) is 18.2 Å². The molecule has 1 aromatic carbocycles. The normalized spacial score (nSPS) is 16.2. The van der Waals surface area contributed by atoms with Crippen LogP contribution in [-0.2, 0) is 14.8 Å². The second-order valence-corrected chi connectivity index (χ2v) is 8.90. The van der Waals surface area contributed by atoms with E-state index in [-0.39, 0.29) is 18.9 Å². The topological polar surface area (TPSA) is 57.7 Å². The molecule has 0 saturated carbocycles. The SMILES string of the molecule is Cc1ccc(N(CCC(=O)N2CCC(C)CC2)S(C)(=O)=O)cc1Cl. The van der Waals surface area contributed by atoms with Crippen LogP contribution in [0.25, 0.3) is 0 Å². The van der Waals surface area contributed by atoms with Gasteiger partial charge in [0.15, 0.2) is 0 Å². The maximum absolute atomic E-state index is 12.4. The van der Waals surface area contributed by atoms with E-state index in [1.165, 1.54) is 4.31 Å². The summed E-state index contributed by atoms with van der Waals surface area (Å²) >= 11 is 6.11. The smallest absolute Gasteiger partial charge is 0.232 e. The minimum absolute atomic E-state index is 0.00811. The van der Waals surface area contributed by atoms with Crippen molar-refractivity contribution in [2.75, 3.05) is 30.2 Å². The van der Waals surface area contributed by atoms with E-state index in [1.54, 1.807) is 18.2 Å². The van der Waals surface area contributed by atoms with Crippen molar-refractivity contribution in [1.29, 1.82) is 0 Å². The maximum Gasteiger partial charge on any atom is 0.232 e. The Bertz CT molecular complexity index is 698. The number of rotatable bonds is 5. The van der Waals surface area contributed by atoms with Gasteiger partial charge in [0.2, 0.25) is 15.9 Å². The van der Waals surface area contributed by atoms with E-state index >= 15 is 0 Å². The summed E-state index contributed by atoms with van der Waals surface area (Å²) in [5.41, 5.74) is 1.38. The molecular formula is C17H25ClN2O3S. The Balaban J connectivity index is 2.07. The van der Waals surface area contributed by atoms with Crippen LogP contribution in [-0.4, -0.2) is 45.1 Å².